The number of rotatable bonds is 1. The summed E-state index contributed by atoms with van der Waals surface area (Å²) in [5.74, 6) is 1.04. The fourth-order valence-corrected chi connectivity index (χ4v) is 3.29. The first-order valence-corrected chi connectivity index (χ1v) is 7.32. The minimum atomic E-state index is 1.04. The van der Waals surface area contributed by atoms with Crippen LogP contribution in [0.5, 0.6) is 0 Å². The van der Waals surface area contributed by atoms with E-state index < -0.39 is 0 Å². The Balaban J connectivity index is 1.82. The predicted octanol–water partition coefficient (Wildman–Crippen LogP) is 4.39. The number of nitrogens with one attached hydrogen (secondary N) is 1. The fraction of sp³-hybridized carbons (Fsp3) is 0.0625. The first-order chi connectivity index (χ1) is 9.81. The van der Waals surface area contributed by atoms with Crippen LogP contribution in [0.25, 0.3) is 5.69 Å². The molecular weight excluding hydrogens is 266 g/mol. The molecule has 0 bridgehead atoms. The van der Waals surface area contributed by atoms with E-state index in [0.29, 0.717) is 0 Å². The molecule has 0 aliphatic carbocycles. The molecule has 4 heteroatoms. The molecule has 0 saturated carbocycles. The highest BCUT2D eigenvalue weighted by molar-refractivity contribution is 7.99. The lowest BCUT2D eigenvalue weighted by Crippen LogP contribution is -2.06. The lowest BCUT2D eigenvalue weighted by Gasteiger charge is -2.19. The van der Waals surface area contributed by atoms with E-state index in [9.17, 15) is 0 Å². The molecule has 1 N–H and O–H groups in total. The van der Waals surface area contributed by atoms with Gasteiger partial charge < -0.3 is 5.32 Å². The van der Waals surface area contributed by atoms with Gasteiger partial charge in [0, 0.05) is 4.90 Å². The molecule has 0 amide bonds. The molecule has 1 aliphatic heterocycles. The van der Waals surface area contributed by atoms with Gasteiger partial charge in [-0.15, -0.1) is 0 Å². The monoisotopic (exact) mass is 279 g/mol. The molecule has 98 valence electrons. The smallest absolute Gasteiger partial charge is 0.148 e. The third-order valence-electron chi connectivity index (χ3n) is 3.34. The van der Waals surface area contributed by atoms with E-state index in [1.807, 2.05) is 29.1 Å². The largest absolute Gasteiger partial charge is 0.338 e. The molecule has 0 fully saturated rings. The maximum absolute atomic E-state index is 4.51. The van der Waals surface area contributed by atoms with Gasteiger partial charge in [0.25, 0.3) is 0 Å². The molecule has 4 rings (SSSR count). The van der Waals surface area contributed by atoms with Gasteiger partial charge in [-0.3, -0.25) is 0 Å². The minimum Gasteiger partial charge on any atom is -0.338 e. The number of aromatic nitrogens is 2. The topological polar surface area (TPSA) is 29.9 Å². The molecule has 0 unspecified atom stereocenters. The van der Waals surface area contributed by atoms with E-state index in [0.717, 1.165) is 22.1 Å². The quantitative estimate of drug-likeness (QED) is 0.560. The zero-order valence-electron chi connectivity index (χ0n) is 11.0. The van der Waals surface area contributed by atoms with E-state index >= 15 is 0 Å². The van der Waals surface area contributed by atoms with Crippen molar-refractivity contribution in [1.82, 2.24) is 9.78 Å². The van der Waals surface area contributed by atoms with Crippen molar-refractivity contribution < 1.29 is 0 Å². The standard InChI is InChI=1S/C16H13N3S/c1-11-7-8-14-13(9-11)18-16-15(20-14)10-17-19(16)12-5-3-2-4-6-12/h2-10,18H,1H3. The number of hydrogen-bond acceptors (Lipinski definition) is 3. The molecule has 3 aromatic rings. The molecule has 1 aromatic heterocycles. The van der Waals surface area contributed by atoms with Crippen molar-refractivity contribution >= 4 is 23.3 Å². The molecule has 0 spiro atoms. The predicted molar refractivity (Wildman–Crippen MR) is 82.1 cm³/mol. The highest BCUT2D eigenvalue weighted by atomic mass is 32.2. The number of aryl methyl sites for hydroxylation is 1. The van der Waals surface area contributed by atoms with Crippen molar-refractivity contribution in [3.05, 3.63) is 60.3 Å². The lowest BCUT2D eigenvalue weighted by molar-refractivity contribution is 0.886. The second-order valence-corrected chi connectivity index (χ2v) is 5.92. The van der Waals surface area contributed by atoms with Crippen molar-refractivity contribution in [1.29, 1.82) is 0 Å². The maximum Gasteiger partial charge on any atom is 0.148 e. The van der Waals surface area contributed by atoms with Crippen LogP contribution >= 0.6 is 11.8 Å². The fourth-order valence-electron chi connectivity index (χ4n) is 2.36. The van der Waals surface area contributed by atoms with Crippen molar-refractivity contribution in [2.75, 3.05) is 5.32 Å². The third-order valence-corrected chi connectivity index (χ3v) is 4.44. The molecule has 0 atom stereocenters. The Hall–Kier alpha value is -2.20. The van der Waals surface area contributed by atoms with Crippen molar-refractivity contribution in [3.63, 3.8) is 0 Å². The first kappa shape index (κ1) is 11.6. The van der Waals surface area contributed by atoms with Gasteiger partial charge in [0.15, 0.2) is 0 Å². The summed E-state index contributed by atoms with van der Waals surface area (Å²) < 4.78 is 1.95. The summed E-state index contributed by atoms with van der Waals surface area (Å²) in [6, 6.07) is 16.7. The van der Waals surface area contributed by atoms with Crippen LogP contribution in [-0.4, -0.2) is 9.78 Å². The number of hydrogen-bond donors (Lipinski definition) is 1. The molecule has 0 radical (unpaired) electrons. The summed E-state index contributed by atoms with van der Waals surface area (Å²) in [5, 5.41) is 8.01. The number of nitrogens with zero attached hydrogens (tertiary/aromatic N) is 2. The lowest BCUT2D eigenvalue weighted by atomic mass is 10.2. The average molecular weight is 279 g/mol. The van der Waals surface area contributed by atoms with Gasteiger partial charge in [-0.1, -0.05) is 36.0 Å². The van der Waals surface area contributed by atoms with Crippen LogP contribution < -0.4 is 5.32 Å². The van der Waals surface area contributed by atoms with Crippen LogP contribution in [0.3, 0.4) is 0 Å². The van der Waals surface area contributed by atoms with Crippen molar-refractivity contribution in [3.8, 4) is 5.69 Å². The van der Waals surface area contributed by atoms with Crippen LogP contribution in [0.2, 0.25) is 0 Å². The van der Waals surface area contributed by atoms with Gasteiger partial charge in [-0.25, -0.2) is 4.68 Å². The number of benzene rings is 2. The third kappa shape index (κ3) is 1.80. The second-order valence-electron chi connectivity index (χ2n) is 4.83. The van der Waals surface area contributed by atoms with Crippen LogP contribution in [0.1, 0.15) is 5.56 Å². The number of para-hydroxylation sites is 1. The highest BCUT2D eigenvalue weighted by Crippen LogP contribution is 2.44. The van der Waals surface area contributed by atoms with Gasteiger partial charge in [0.05, 0.1) is 22.5 Å². The average Bonchev–Trinajstić information content (AvgIpc) is 2.88. The van der Waals surface area contributed by atoms with E-state index in [1.54, 1.807) is 11.8 Å². The summed E-state index contributed by atoms with van der Waals surface area (Å²) in [7, 11) is 0. The normalized spacial score (nSPS) is 12.4. The Morgan fingerprint density at radius 3 is 2.75 bits per heavy atom. The highest BCUT2D eigenvalue weighted by Gasteiger charge is 2.20. The molecule has 20 heavy (non-hydrogen) atoms. The molecule has 2 aromatic carbocycles. The van der Waals surface area contributed by atoms with Crippen LogP contribution in [0, 0.1) is 6.92 Å². The summed E-state index contributed by atoms with van der Waals surface area (Å²) in [4.78, 5) is 2.40. The summed E-state index contributed by atoms with van der Waals surface area (Å²) in [6.45, 7) is 2.11. The van der Waals surface area contributed by atoms with Crippen LogP contribution in [0.15, 0.2) is 64.5 Å². The molecule has 1 aliphatic rings. The van der Waals surface area contributed by atoms with Gasteiger partial charge in [-0.05, 0) is 36.8 Å². The summed E-state index contributed by atoms with van der Waals surface area (Å²) in [6.07, 6.45) is 1.92. The van der Waals surface area contributed by atoms with Crippen molar-refractivity contribution in [2.45, 2.75) is 16.7 Å². The van der Waals surface area contributed by atoms with Gasteiger partial charge in [0.2, 0.25) is 0 Å². The summed E-state index contributed by atoms with van der Waals surface area (Å²) >= 11 is 1.76. The SMILES string of the molecule is Cc1ccc2c(c1)Nc1c(cnn1-c1ccccc1)S2. The molecule has 2 heterocycles. The van der Waals surface area contributed by atoms with Crippen LogP contribution in [0.4, 0.5) is 11.5 Å². The number of fused-ring (bicyclic) bond motifs is 2. The molecule has 0 saturated heterocycles. The second kappa shape index (κ2) is 4.42. The zero-order chi connectivity index (χ0) is 13.5. The van der Waals surface area contributed by atoms with Gasteiger partial charge >= 0.3 is 0 Å². The zero-order valence-corrected chi connectivity index (χ0v) is 11.8. The van der Waals surface area contributed by atoms with E-state index in [1.165, 1.54) is 10.5 Å². The Kier molecular flexibility index (Phi) is 2.57. The Morgan fingerprint density at radius 1 is 1.05 bits per heavy atom. The number of anilines is 2. The van der Waals surface area contributed by atoms with E-state index in [4.69, 9.17) is 0 Å². The Morgan fingerprint density at radius 2 is 1.90 bits per heavy atom. The van der Waals surface area contributed by atoms with E-state index in [-0.39, 0.29) is 0 Å². The maximum atomic E-state index is 4.51. The molecule has 3 nitrogen and oxygen atoms in total. The summed E-state index contributed by atoms with van der Waals surface area (Å²) in [5.41, 5.74) is 3.48. The Bertz CT molecular complexity index is 778. The van der Waals surface area contributed by atoms with Gasteiger partial charge in [0.1, 0.15) is 5.82 Å². The first-order valence-electron chi connectivity index (χ1n) is 6.50. The van der Waals surface area contributed by atoms with Crippen LogP contribution in [-0.2, 0) is 0 Å². The van der Waals surface area contributed by atoms with Crippen molar-refractivity contribution in [2.24, 2.45) is 0 Å². The van der Waals surface area contributed by atoms with E-state index in [2.05, 4.69) is 47.7 Å². The molecular formula is C16H13N3S. The van der Waals surface area contributed by atoms with Gasteiger partial charge in [-0.2, -0.15) is 5.10 Å². The minimum absolute atomic E-state index is 1.04. The Labute approximate surface area is 121 Å².